The molecule has 144 valence electrons. The average molecular weight is 371 g/mol. The van der Waals surface area contributed by atoms with Crippen LogP contribution in [0.2, 0.25) is 0 Å². The molecular weight excluding hydrogens is 346 g/mol. The second kappa shape index (κ2) is 9.27. The molecule has 0 bridgehead atoms. The molecule has 2 N–H and O–H groups in total. The largest absolute Gasteiger partial charge is 0.372 e. The first-order valence-electron chi connectivity index (χ1n) is 9.16. The first-order chi connectivity index (χ1) is 13.1. The maximum atomic E-state index is 12.9. The highest BCUT2D eigenvalue weighted by atomic mass is 16.5. The lowest BCUT2D eigenvalue weighted by molar-refractivity contribution is -0.138. The molecule has 1 atom stereocenters. The maximum absolute atomic E-state index is 12.9. The van der Waals surface area contributed by atoms with Gasteiger partial charge < -0.3 is 19.9 Å². The fraction of sp³-hybridized carbons (Fsp3) is 0.474. The number of hydrogen-bond acceptors (Lipinski definition) is 5. The van der Waals surface area contributed by atoms with Gasteiger partial charge in [0.15, 0.2) is 0 Å². The number of piperidine rings is 1. The minimum Gasteiger partial charge on any atom is -0.372 e. The van der Waals surface area contributed by atoms with Crippen molar-refractivity contribution in [2.45, 2.75) is 44.9 Å². The molecule has 1 aliphatic heterocycles. The molecule has 0 aromatic carbocycles. The number of nitrogens with zero attached hydrogens (tertiary/aromatic N) is 3. The Morgan fingerprint density at radius 2 is 2.19 bits per heavy atom. The number of hydrogen-bond donors (Lipinski definition) is 2. The molecule has 8 heteroatoms. The van der Waals surface area contributed by atoms with Crippen molar-refractivity contribution < 1.29 is 14.3 Å². The quantitative estimate of drug-likeness (QED) is 0.758. The number of pyridine rings is 1. The number of imidazole rings is 1. The van der Waals surface area contributed by atoms with Gasteiger partial charge in [-0.15, -0.1) is 0 Å². The van der Waals surface area contributed by atoms with Crippen LogP contribution in [-0.2, 0) is 27.4 Å². The monoisotopic (exact) mass is 371 g/mol. The Balaban J connectivity index is 1.50. The van der Waals surface area contributed by atoms with Gasteiger partial charge in [0.25, 0.3) is 0 Å². The summed E-state index contributed by atoms with van der Waals surface area (Å²) in [6.45, 7) is 3.13. The van der Waals surface area contributed by atoms with Gasteiger partial charge in [0.05, 0.1) is 24.7 Å². The van der Waals surface area contributed by atoms with Crippen LogP contribution in [0.15, 0.2) is 36.9 Å². The zero-order chi connectivity index (χ0) is 19.1. The molecule has 0 unspecified atom stereocenters. The van der Waals surface area contributed by atoms with Crippen molar-refractivity contribution in [1.29, 1.82) is 0 Å². The summed E-state index contributed by atoms with van der Waals surface area (Å²) in [4.78, 5) is 37.4. The molecule has 27 heavy (non-hydrogen) atoms. The Labute approximate surface area is 158 Å². The Morgan fingerprint density at radius 3 is 2.81 bits per heavy atom. The SMILES string of the molecule is CC(=O)N[C@@H](Cc1cnc[nH]1)C(=O)N1CCC(OCc2ccccn2)CC1. The predicted molar refractivity (Wildman–Crippen MR) is 98.5 cm³/mol. The molecule has 2 aromatic heterocycles. The number of H-pyrrole nitrogens is 1. The molecule has 0 spiro atoms. The van der Waals surface area contributed by atoms with Gasteiger partial charge in [-0.3, -0.25) is 14.6 Å². The second-order valence-electron chi connectivity index (χ2n) is 6.69. The molecule has 1 saturated heterocycles. The average Bonchev–Trinajstić information content (AvgIpc) is 3.19. The van der Waals surface area contributed by atoms with Crippen LogP contribution in [0.3, 0.4) is 0 Å². The molecule has 1 aliphatic rings. The predicted octanol–water partition coefficient (Wildman–Crippen LogP) is 1.06. The van der Waals surface area contributed by atoms with E-state index in [0.29, 0.717) is 26.1 Å². The summed E-state index contributed by atoms with van der Waals surface area (Å²) in [7, 11) is 0. The number of rotatable bonds is 7. The van der Waals surface area contributed by atoms with Gasteiger partial charge in [-0.05, 0) is 25.0 Å². The van der Waals surface area contributed by atoms with Gasteiger partial charge in [0.2, 0.25) is 11.8 Å². The number of nitrogens with one attached hydrogen (secondary N) is 2. The topological polar surface area (TPSA) is 100 Å². The third kappa shape index (κ3) is 5.62. The Kier molecular flexibility index (Phi) is 6.54. The van der Waals surface area contributed by atoms with E-state index in [-0.39, 0.29) is 17.9 Å². The minimum absolute atomic E-state index is 0.0667. The molecule has 0 saturated carbocycles. The van der Waals surface area contributed by atoms with Crippen LogP contribution in [0.1, 0.15) is 31.2 Å². The highest BCUT2D eigenvalue weighted by molar-refractivity contribution is 5.87. The minimum atomic E-state index is -0.589. The highest BCUT2D eigenvalue weighted by Gasteiger charge is 2.29. The van der Waals surface area contributed by atoms with Crippen molar-refractivity contribution in [3.8, 4) is 0 Å². The number of carbonyl (C=O) groups excluding carboxylic acids is 2. The van der Waals surface area contributed by atoms with Crippen LogP contribution in [0, 0.1) is 0 Å². The van der Waals surface area contributed by atoms with Crippen LogP contribution in [0.5, 0.6) is 0 Å². The summed E-state index contributed by atoms with van der Waals surface area (Å²) in [5.74, 6) is -0.288. The maximum Gasteiger partial charge on any atom is 0.245 e. The number of aromatic nitrogens is 3. The van der Waals surface area contributed by atoms with Crippen molar-refractivity contribution in [3.05, 3.63) is 48.3 Å². The van der Waals surface area contributed by atoms with Gasteiger partial charge in [-0.1, -0.05) is 6.07 Å². The summed E-state index contributed by atoms with van der Waals surface area (Å²) in [5.41, 5.74) is 1.72. The Morgan fingerprint density at radius 1 is 1.37 bits per heavy atom. The van der Waals surface area contributed by atoms with Gasteiger partial charge in [0.1, 0.15) is 6.04 Å². The summed E-state index contributed by atoms with van der Waals surface area (Å²) in [6, 6.07) is 5.16. The Bertz CT molecular complexity index is 727. The molecule has 0 aliphatic carbocycles. The summed E-state index contributed by atoms with van der Waals surface area (Å²) in [6.07, 6.45) is 7.04. The molecular formula is C19H25N5O3. The van der Waals surface area contributed by atoms with Gasteiger partial charge in [-0.25, -0.2) is 4.98 Å². The van der Waals surface area contributed by atoms with Crippen molar-refractivity contribution in [2.75, 3.05) is 13.1 Å². The van der Waals surface area contributed by atoms with E-state index in [1.54, 1.807) is 23.6 Å². The van der Waals surface area contributed by atoms with Crippen molar-refractivity contribution >= 4 is 11.8 Å². The zero-order valence-electron chi connectivity index (χ0n) is 15.4. The molecule has 3 heterocycles. The fourth-order valence-corrected chi connectivity index (χ4v) is 3.21. The van der Waals surface area contributed by atoms with E-state index < -0.39 is 6.04 Å². The lowest BCUT2D eigenvalue weighted by Gasteiger charge is -2.34. The number of ether oxygens (including phenoxy) is 1. The first kappa shape index (κ1) is 19.0. The lowest BCUT2D eigenvalue weighted by atomic mass is 10.0. The summed E-state index contributed by atoms with van der Waals surface area (Å²) in [5, 5.41) is 2.76. The smallest absolute Gasteiger partial charge is 0.245 e. The second-order valence-corrected chi connectivity index (χ2v) is 6.69. The molecule has 2 amide bonds. The van der Waals surface area contributed by atoms with E-state index in [1.165, 1.54) is 6.92 Å². The van der Waals surface area contributed by atoms with Crippen LogP contribution in [-0.4, -0.2) is 56.9 Å². The number of carbonyl (C=O) groups is 2. The van der Waals surface area contributed by atoms with Crippen LogP contribution < -0.4 is 5.32 Å². The van der Waals surface area contributed by atoms with Crippen molar-refractivity contribution in [2.24, 2.45) is 0 Å². The van der Waals surface area contributed by atoms with Crippen LogP contribution in [0.25, 0.3) is 0 Å². The molecule has 8 nitrogen and oxygen atoms in total. The van der Waals surface area contributed by atoms with E-state index in [9.17, 15) is 9.59 Å². The summed E-state index contributed by atoms with van der Waals surface area (Å²) >= 11 is 0. The Hall–Kier alpha value is -2.74. The normalized spacial score (nSPS) is 16.1. The first-order valence-corrected chi connectivity index (χ1v) is 9.16. The van der Waals surface area contributed by atoms with E-state index in [2.05, 4.69) is 20.3 Å². The highest BCUT2D eigenvalue weighted by Crippen LogP contribution is 2.17. The van der Waals surface area contributed by atoms with Gasteiger partial charge in [0, 0.05) is 44.5 Å². The van der Waals surface area contributed by atoms with E-state index in [0.717, 1.165) is 24.2 Å². The zero-order valence-corrected chi connectivity index (χ0v) is 15.4. The number of amides is 2. The third-order valence-electron chi connectivity index (χ3n) is 4.60. The third-order valence-corrected chi connectivity index (χ3v) is 4.60. The molecule has 2 aromatic rings. The number of aromatic amines is 1. The van der Waals surface area contributed by atoms with Crippen molar-refractivity contribution in [3.63, 3.8) is 0 Å². The van der Waals surface area contributed by atoms with Gasteiger partial charge >= 0.3 is 0 Å². The molecule has 3 rings (SSSR count). The standard InChI is InChI=1S/C19H25N5O3/c1-14(25)23-18(10-16-11-20-13-22-16)19(26)24-8-5-17(6-9-24)27-12-15-4-2-3-7-21-15/h2-4,7,11,13,17-18H,5-6,8-10,12H2,1H3,(H,20,22)(H,23,25)/t18-/m0/s1. The van der Waals surface area contributed by atoms with Crippen molar-refractivity contribution in [1.82, 2.24) is 25.2 Å². The van der Waals surface area contributed by atoms with Crippen LogP contribution >= 0.6 is 0 Å². The van der Waals surface area contributed by atoms with E-state index >= 15 is 0 Å². The van der Waals surface area contributed by atoms with Crippen LogP contribution in [0.4, 0.5) is 0 Å². The van der Waals surface area contributed by atoms with E-state index in [4.69, 9.17) is 4.74 Å². The lowest BCUT2D eigenvalue weighted by Crippen LogP contribution is -2.52. The molecule has 0 radical (unpaired) electrons. The summed E-state index contributed by atoms with van der Waals surface area (Å²) < 4.78 is 5.92. The van der Waals surface area contributed by atoms with Gasteiger partial charge in [-0.2, -0.15) is 0 Å². The fourth-order valence-electron chi connectivity index (χ4n) is 3.21. The molecule has 1 fully saturated rings. The number of likely N-dealkylation sites (tertiary alicyclic amines) is 1. The van der Waals surface area contributed by atoms with E-state index in [1.807, 2.05) is 18.2 Å².